The number of carbonyl (C=O) groups excluding carboxylic acids is 1. The zero-order chi connectivity index (χ0) is 13.7. The van der Waals surface area contributed by atoms with Crippen LogP contribution in [0.3, 0.4) is 0 Å². The highest BCUT2D eigenvalue weighted by atomic mass is 32.1. The van der Waals surface area contributed by atoms with Crippen LogP contribution >= 0.6 is 11.3 Å². The molecule has 2 unspecified atom stereocenters. The quantitative estimate of drug-likeness (QED) is 0.614. The Morgan fingerprint density at radius 3 is 3.21 bits per heavy atom. The molecule has 0 spiro atoms. The van der Waals surface area contributed by atoms with E-state index in [-0.39, 0.29) is 6.04 Å². The van der Waals surface area contributed by atoms with E-state index in [1.54, 1.807) is 11.3 Å². The highest BCUT2D eigenvalue weighted by molar-refractivity contribution is 7.10. The third-order valence-corrected chi connectivity index (χ3v) is 4.73. The van der Waals surface area contributed by atoms with Crippen LogP contribution in [0.5, 0.6) is 0 Å². The van der Waals surface area contributed by atoms with Crippen LogP contribution in [-0.2, 0) is 4.79 Å². The van der Waals surface area contributed by atoms with E-state index in [0.717, 1.165) is 25.9 Å². The maximum Gasteiger partial charge on any atom is 0.223 e. The molecule has 2 atom stereocenters. The van der Waals surface area contributed by atoms with Crippen LogP contribution < -0.4 is 5.32 Å². The number of nitrogens with one attached hydrogen (secondary N) is 1. The molecule has 0 aromatic carbocycles. The Bertz CT molecular complexity index is 416. The molecule has 4 heteroatoms. The lowest BCUT2D eigenvalue weighted by molar-refractivity contribution is -0.131. The van der Waals surface area contributed by atoms with Gasteiger partial charge in [0, 0.05) is 23.9 Å². The van der Waals surface area contributed by atoms with Crippen molar-refractivity contribution >= 4 is 17.2 Å². The van der Waals surface area contributed by atoms with E-state index in [0.29, 0.717) is 18.4 Å². The molecule has 1 aliphatic heterocycles. The fraction of sp³-hybridized carbons (Fsp3) is 0.533. The van der Waals surface area contributed by atoms with E-state index in [1.807, 2.05) is 6.08 Å². The molecule has 0 radical (unpaired) electrons. The molecule has 1 amide bonds. The molecule has 0 aliphatic carbocycles. The summed E-state index contributed by atoms with van der Waals surface area (Å²) in [6.45, 7) is 7.61. The van der Waals surface area contributed by atoms with Gasteiger partial charge in [-0.05, 0) is 37.8 Å². The van der Waals surface area contributed by atoms with Gasteiger partial charge in [0.2, 0.25) is 5.91 Å². The Labute approximate surface area is 119 Å². The second-order valence-electron chi connectivity index (χ2n) is 4.97. The van der Waals surface area contributed by atoms with E-state index in [2.05, 4.69) is 41.2 Å². The summed E-state index contributed by atoms with van der Waals surface area (Å²) in [7, 11) is 0. The molecule has 0 saturated carbocycles. The second kappa shape index (κ2) is 6.87. The molecule has 1 saturated heterocycles. The number of hydrogen-bond acceptors (Lipinski definition) is 3. The predicted molar refractivity (Wildman–Crippen MR) is 80.3 cm³/mol. The topological polar surface area (TPSA) is 32.3 Å². The van der Waals surface area contributed by atoms with Gasteiger partial charge < -0.3 is 10.2 Å². The highest BCUT2D eigenvalue weighted by Crippen LogP contribution is 2.33. The number of carbonyl (C=O) groups is 1. The molecule has 2 rings (SSSR count). The first kappa shape index (κ1) is 14.3. The normalized spacial score (nSPS) is 20.8. The molecular formula is C15H22N2OS. The number of nitrogens with zero attached hydrogens (tertiary/aromatic N) is 1. The molecule has 2 heterocycles. The van der Waals surface area contributed by atoms with Crippen LogP contribution in [0.4, 0.5) is 0 Å². The van der Waals surface area contributed by atoms with Crippen molar-refractivity contribution in [1.29, 1.82) is 0 Å². The largest absolute Gasteiger partial charge is 0.332 e. The average Bonchev–Trinajstić information content (AvgIpc) is 3.04. The maximum absolute atomic E-state index is 12.1. The Hall–Kier alpha value is -1.13. The van der Waals surface area contributed by atoms with Gasteiger partial charge in [0.1, 0.15) is 0 Å². The van der Waals surface area contributed by atoms with Gasteiger partial charge >= 0.3 is 0 Å². The van der Waals surface area contributed by atoms with E-state index in [9.17, 15) is 4.79 Å². The Morgan fingerprint density at radius 2 is 2.53 bits per heavy atom. The first-order valence-corrected chi connectivity index (χ1v) is 7.78. The van der Waals surface area contributed by atoms with Crippen molar-refractivity contribution in [1.82, 2.24) is 10.2 Å². The van der Waals surface area contributed by atoms with Gasteiger partial charge in [-0.2, -0.15) is 0 Å². The first-order chi connectivity index (χ1) is 9.24. The van der Waals surface area contributed by atoms with Crippen LogP contribution in [0.15, 0.2) is 30.2 Å². The van der Waals surface area contributed by atoms with Crippen molar-refractivity contribution in [3.8, 4) is 0 Å². The lowest BCUT2D eigenvalue weighted by atomic mass is 10.1. The summed E-state index contributed by atoms with van der Waals surface area (Å²) < 4.78 is 0. The number of rotatable bonds is 7. The van der Waals surface area contributed by atoms with E-state index in [4.69, 9.17) is 0 Å². The second-order valence-corrected chi connectivity index (χ2v) is 5.95. The van der Waals surface area contributed by atoms with Crippen LogP contribution in [0.25, 0.3) is 0 Å². The number of thiophene rings is 1. The maximum atomic E-state index is 12.1. The van der Waals surface area contributed by atoms with E-state index >= 15 is 0 Å². The molecular weight excluding hydrogens is 256 g/mol. The van der Waals surface area contributed by atoms with Crippen molar-refractivity contribution in [2.45, 2.75) is 38.3 Å². The monoisotopic (exact) mass is 278 g/mol. The van der Waals surface area contributed by atoms with Crippen LogP contribution in [0.1, 0.15) is 37.1 Å². The summed E-state index contributed by atoms with van der Waals surface area (Å²) in [6, 6.07) is 4.76. The van der Waals surface area contributed by atoms with Gasteiger partial charge in [-0.3, -0.25) is 4.79 Å². The standard InChI is InChI=1S/C15H22N2OS/c1-3-9-16-10-8-13-6-7-15(18)17(13)12(2)14-5-4-11-19-14/h3-5,11-13,16H,1,6-10H2,2H3. The summed E-state index contributed by atoms with van der Waals surface area (Å²) in [6.07, 6.45) is 4.58. The lowest BCUT2D eigenvalue weighted by Gasteiger charge is -2.30. The van der Waals surface area contributed by atoms with Gasteiger partial charge in [0.15, 0.2) is 0 Å². The molecule has 1 N–H and O–H groups in total. The Balaban J connectivity index is 1.95. The molecule has 0 bridgehead atoms. The fourth-order valence-electron chi connectivity index (χ4n) is 2.72. The molecule has 1 aliphatic rings. The van der Waals surface area contributed by atoms with Gasteiger partial charge in [-0.1, -0.05) is 12.1 Å². The lowest BCUT2D eigenvalue weighted by Crippen LogP contribution is -2.37. The summed E-state index contributed by atoms with van der Waals surface area (Å²) in [5.41, 5.74) is 0. The van der Waals surface area contributed by atoms with Gasteiger partial charge in [0.05, 0.1) is 6.04 Å². The number of likely N-dealkylation sites (tertiary alicyclic amines) is 1. The third kappa shape index (κ3) is 3.45. The van der Waals surface area contributed by atoms with E-state index in [1.165, 1.54) is 4.88 Å². The van der Waals surface area contributed by atoms with Crippen molar-refractivity contribution in [2.24, 2.45) is 0 Å². The Morgan fingerprint density at radius 1 is 1.68 bits per heavy atom. The molecule has 3 nitrogen and oxygen atoms in total. The fourth-order valence-corrected chi connectivity index (χ4v) is 3.50. The minimum Gasteiger partial charge on any atom is -0.332 e. The molecule has 1 aromatic rings. The molecule has 1 aromatic heterocycles. The summed E-state index contributed by atoms with van der Waals surface area (Å²) in [5, 5.41) is 5.39. The van der Waals surface area contributed by atoms with Crippen LogP contribution in [0, 0.1) is 0 Å². The SMILES string of the molecule is C=CCNCCC1CCC(=O)N1C(C)c1cccs1. The first-order valence-electron chi connectivity index (χ1n) is 6.90. The predicted octanol–water partition coefficient (Wildman–Crippen LogP) is 2.97. The molecule has 19 heavy (non-hydrogen) atoms. The van der Waals surface area contributed by atoms with Gasteiger partial charge in [-0.15, -0.1) is 17.9 Å². The van der Waals surface area contributed by atoms with Gasteiger partial charge in [0.25, 0.3) is 0 Å². The summed E-state index contributed by atoms with van der Waals surface area (Å²) >= 11 is 1.73. The zero-order valence-electron chi connectivity index (χ0n) is 11.5. The van der Waals surface area contributed by atoms with Crippen LogP contribution in [-0.4, -0.2) is 29.9 Å². The van der Waals surface area contributed by atoms with Crippen molar-refractivity contribution in [2.75, 3.05) is 13.1 Å². The van der Waals surface area contributed by atoms with Crippen molar-refractivity contribution in [3.05, 3.63) is 35.0 Å². The minimum absolute atomic E-state index is 0.208. The minimum atomic E-state index is 0.208. The summed E-state index contributed by atoms with van der Waals surface area (Å²) in [4.78, 5) is 15.5. The number of hydrogen-bond donors (Lipinski definition) is 1. The smallest absolute Gasteiger partial charge is 0.223 e. The van der Waals surface area contributed by atoms with Crippen molar-refractivity contribution < 1.29 is 4.79 Å². The highest BCUT2D eigenvalue weighted by Gasteiger charge is 2.34. The van der Waals surface area contributed by atoms with Gasteiger partial charge in [-0.25, -0.2) is 0 Å². The summed E-state index contributed by atoms with van der Waals surface area (Å²) in [5.74, 6) is 0.301. The van der Waals surface area contributed by atoms with Crippen LogP contribution in [0.2, 0.25) is 0 Å². The average molecular weight is 278 g/mol. The van der Waals surface area contributed by atoms with E-state index < -0.39 is 0 Å². The number of amides is 1. The van der Waals surface area contributed by atoms with Crippen molar-refractivity contribution in [3.63, 3.8) is 0 Å². The zero-order valence-corrected chi connectivity index (χ0v) is 12.3. The molecule has 1 fully saturated rings. The Kier molecular flexibility index (Phi) is 5.16. The molecule has 104 valence electrons. The third-order valence-electron chi connectivity index (χ3n) is 3.69.